The zero-order valence-electron chi connectivity index (χ0n) is 8.33. The molecule has 0 amide bonds. The SMILES string of the molecule is CCCS(=O)(=O)Nc1ccc(N)c(Cl)c1. The highest BCUT2D eigenvalue weighted by molar-refractivity contribution is 7.92. The molecule has 4 nitrogen and oxygen atoms in total. The van der Waals surface area contributed by atoms with Gasteiger partial charge >= 0.3 is 0 Å². The lowest BCUT2D eigenvalue weighted by Crippen LogP contribution is -2.16. The van der Waals surface area contributed by atoms with Crippen LogP contribution in [0.2, 0.25) is 5.02 Å². The monoisotopic (exact) mass is 248 g/mol. The van der Waals surface area contributed by atoms with Gasteiger partial charge in [-0.15, -0.1) is 0 Å². The van der Waals surface area contributed by atoms with Crippen molar-refractivity contribution in [3.05, 3.63) is 23.2 Å². The Balaban J connectivity index is 2.86. The number of anilines is 2. The number of nitrogens with one attached hydrogen (secondary N) is 1. The van der Waals surface area contributed by atoms with E-state index in [0.29, 0.717) is 22.8 Å². The fraction of sp³-hybridized carbons (Fsp3) is 0.333. The fourth-order valence-corrected chi connectivity index (χ4v) is 2.40. The molecule has 1 rings (SSSR count). The van der Waals surface area contributed by atoms with Gasteiger partial charge in [0.1, 0.15) is 0 Å². The molecule has 0 aliphatic rings. The van der Waals surface area contributed by atoms with Gasteiger partial charge in [0.15, 0.2) is 0 Å². The third kappa shape index (κ3) is 3.60. The fourth-order valence-electron chi connectivity index (χ4n) is 1.09. The van der Waals surface area contributed by atoms with Gasteiger partial charge < -0.3 is 5.73 Å². The lowest BCUT2D eigenvalue weighted by atomic mass is 10.3. The Labute approximate surface area is 94.5 Å². The third-order valence-electron chi connectivity index (χ3n) is 1.75. The molecule has 0 unspecified atom stereocenters. The minimum absolute atomic E-state index is 0.0923. The van der Waals surface area contributed by atoms with Crippen LogP contribution in [0.4, 0.5) is 11.4 Å². The zero-order valence-corrected chi connectivity index (χ0v) is 9.90. The van der Waals surface area contributed by atoms with E-state index in [1.807, 2.05) is 0 Å². The van der Waals surface area contributed by atoms with Gasteiger partial charge in [-0.2, -0.15) is 0 Å². The summed E-state index contributed by atoms with van der Waals surface area (Å²) < 4.78 is 25.2. The molecule has 0 saturated heterocycles. The lowest BCUT2D eigenvalue weighted by molar-refractivity contribution is 0.600. The molecule has 3 N–H and O–H groups in total. The second-order valence-corrected chi connectivity index (χ2v) is 5.41. The van der Waals surface area contributed by atoms with Crippen molar-refractivity contribution in [1.29, 1.82) is 0 Å². The van der Waals surface area contributed by atoms with Crippen molar-refractivity contribution in [3.63, 3.8) is 0 Å². The minimum Gasteiger partial charge on any atom is -0.398 e. The van der Waals surface area contributed by atoms with Crippen molar-refractivity contribution >= 4 is 33.0 Å². The van der Waals surface area contributed by atoms with Crippen LogP contribution < -0.4 is 10.5 Å². The summed E-state index contributed by atoms with van der Waals surface area (Å²) in [4.78, 5) is 0. The molecule has 0 aliphatic heterocycles. The molecule has 0 heterocycles. The van der Waals surface area contributed by atoms with E-state index >= 15 is 0 Å². The van der Waals surface area contributed by atoms with Crippen LogP contribution >= 0.6 is 11.6 Å². The van der Waals surface area contributed by atoms with Crippen molar-refractivity contribution in [2.24, 2.45) is 0 Å². The molecule has 6 heteroatoms. The number of benzene rings is 1. The largest absolute Gasteiger partial charge is 0.398 e. The highest BCUT2D eigenvalue weighted by atomic mass is 35.5. The third-order valence-corrected chi connectivity index (χ3v) is 3.57. The molecule has 84 valence electrons. The maximum Gasteiger partial charge on any atom is 0.232 e. The quantitative estimate of drug-likeness (QED) is 0.802. The van der Waals surface area contributed by atoms with Crippen molar-refractivity contribution in [1.82, 2.24) is 0 Å². The van der Waals surface area contributed by atoms with Gasteiger partial charge in [-0.25, -0.2) is 8.42 Å². The van der Waals surface area contributed by atoms with Crippen molar-refractivity contribution in [2.75, 3.05) is 16.2 Å². The molecule has 0 radical (unpaired) electrons. The average molecular weight is 249 g/mol. The number of halogens is 1. The molecule has 15 heavy (non-hydrogen) atoms. The van der Waals surface area contributed by atoms with Crippen molar-refractivity contribution in [3.8, 4) is 0 Å². The van der Waals surface area contributed by atoms with E-state index in [0.717, 1.165) is 0 Å². The topological polar surface area (TPSA) is 72.2 Å². The smallest absolute Gasteiger partial charge is 0.232 e. The van der Waals surface area contributed by atoms with Gasteiger partial charge in [0.25, 0.3) is 0 Å². The van der Waals surface area contributed by atoms with Crippen LogP contribution in [-0.4, -0.2) is 14.2 Å². The molecular weight excluding hydrogens is 236 g/mol. The number of sulfonamides is 1. The number of hydrogen-bond acceptors (Lipinski definition) is 3. The Hall–Kier alpha value is -0.940. The van der Waals surface area contributed by atoms with E-state index in [-0.39, 0.29) is 5.75 Å². The van der Waals surface area contributed by atoms with E-state index in [1.54, 1.807) is 19.1 Å². The average Bonchev–Trinajstić information content (AvgIpc) is 2.10. The first-order chi connectivity index (χ1) is 6.94. The summed E-state index contributed by atoms with van der Waals surface area (Å²) in [7, 11) is -3.26. The van der Waals surface area contributed by atoms with Crippen molar-refractivity contribution < 1.29 is 8.42 Å². The first-order valence-electron chi connectivity index (χ1n) is 4.50. The van der Waals surface area contributed by atoms with Crippen LogP contribution in [0.25, 0.3) is 0 Å². The van der Waals surface area contributed by atoms with E-state index in [9.17, 15) is 8.42 Å². The maximum absolute atomic E-state index is 11.4. The van der Waals surface area contributed by atoms with Gasteiger partial charge in [-0.3, -0.25) is 4.72 Å². The zero-order chi connectivity index (χ0) is 11.5. The molecule has 1 aromatic carbocycles. The predicted octanol–water partition coefficient (Wildman–Crippen LogP) is 2.07. The number of rotatable bonds is 4. The van der Waals surface area contributed by atoms with Crippen LogP contribution in [0.15, 0.2) is 18.2 Å². The second kappa shape index (κ2) is 4.72. The van der Waals surface area contributed by atoms with Gasteiger partial charge in [-0.1, -0.05) is 18.5 Å². The molecule has 0 saturated carbocycles. The van der Waals surface area contributed by atoms with Gasteiger partial charge in [0, 0.05) is 0 Å². The molecule has 0 fully saturated rings. The molecule has 0 aromatic heterocycles. The Kier molecular flexibility index (Phi) is 3.82. The van der Waals surface area contributed by atoms with Crippen LogP contribution in [-0.2, 0) is 10.0 Å². The predicted molar refractivity (Wildman–Crippen MR) is 63.6 cm³/mol. The molecule has 0 bridgehead atoms. The number of nitrogens with two attached hydrogens (primary N) is 1. The van der Waals surface area contributed by atoms with E-state index in [4.69, 9.17) is 17.3 Å². The van der Waals surface area contributed by atoms with Crippen LogP contribution in [0.5, 0.6) is 0 Å². The summed E-state index contributed by atoms with van der Waals surface area (Å²) in [6, 6.07) is 4.63. The molecular formula is C9H13ClN2O2S. The van der Waals surface area contributed by atoms with Gasteiger partial charge in [0.2, 0.25) is 10.0 Å². The summed E-state index contributed by atoms with van der Waals surface area (Å²) in [6.45, 7) is 1.80. The van der Waals surface area contributed by atoms with Crippen LogP contribution in [0.1, 0.15) is 13.3 Å². The Morgan fingerprint density at radius 3 is 2.67 bits per heavy atom. The second-order valence-electron chi connectivity index (χ2n) is 3.16. The molecule has 1 aromatic rings. The number of nitrogen functional groups attached to an aromatic ring is 1. The van der Waals surface area contributed by atoms with Gasteiger partial charge in [-0.05, 0) is 24.6 Å². The van der Waals surface area contributed by atoms with E-state index < -0.39 is 10.0 Å². The molecule has 0 aliphatic carbocycles. The Bertz CT molecular complexity index is 445. The maximum atomic E-state index is 11.4. The Morgan fingerprint density at radius 1 is 1.47 bits per heavy atom. The van der Waals surface area contributed by atoms with Gasteiger partial charge in [0.05, 0.1) is 22.2 Å². The highest BCUT2D eigenvalue weighted by Crippen LogP contribution is 2.23. The summed E-state index contributed by atoms with van der Waals surface area (Å²) in [5.74, 6) is 0.0923. The first kappa shape index (κ1) is 12.1. The van der Waals surface area contributed by atoms with Crippen LogP contribution in [0.3, 0.4) is 0 Å². The first-order valence-corrected chi connectivity index (χ1v) is 6.53. The normalized spacial score (nSPS) is 11.3. The van der Waals surface area contributed by atoms with Crippen molar-refractivity contribution in [2.45, 2.75) is 13.3 Å². The lowest BCUT2D eigenvalue weighted by Gasteiger charge is -2.07. The minimum atomic E-state index is -3.26. The summed E-state index contributed by atoms with van der Waals surface area (Å²) in [6.07, 6.45) is 0.567. The van der Waals surface area contributed by atoms with E-state index in [2.05, 4.69) is 4.72 Å². The van der Waals surface area contributed by atoms with E-state index in [1.165, 1.54) is 6.07 Å². The molecule has 0 spiro atoms. The summed E-state index contributed by atoms with van der Waals surface area (Å²) >= 11 is 5.76. The number of hydrogen-bond donors (Lipinski definition) is 2. The molecule has 0 atom stereocenters. The Morgan fingerprint density at radius 2 is 2.13 bits per heavy atom. The summed E-state index contributed by atoms with van der Waals surface area (Å²) in [5, 5.41) is 0.340. The standard InChI is InChI=1S/C9H13ClN2O2S/c1-2-5-15(13,14)12-7-3-4-9(11)8(10)6-7/h3-4,6,12H,2,5,11H2,1H3. The van der Waals surface area contributed by atoms with Crippen LogP contribution in [0, 0.1) is 0 Å². The summed E-state index contributed by atoms with van der Waals surface area (Å²) in [5.41, 5.74) is 6.36. The highest BCUT2D eigenvalue weighted by Gasteiger charge is 2.09.